The maximum absolute atomic E-state index is 13.0. The van der Waals surface area contributed by atoms with Crippen LogP contribution < -0.4 is 0 Å². The Balaban J connectivity index is 1.20. The van der Waals surface area contributed by atoms with Crippen LogP contribution in [0.1, 0.15) is 98.8 Å². The van der Waals surface area contributed by atoms with Gasteiger partial charge < -0.3 is 33.9 Å². The number of carbonyl (C=O) groups is 2. The first-order chi connectivity index (χ1) is 20.8. The van der Waals surface area contributed by atoms with Gasteiger partial charge in [0.2, 0.25) is 0 Å². The lowest BCUT2D eigenvalue weighted by molar-refractivity contribution is -0.273. The van der Waals surface area contributed by atoms with Crippen LogP contribution in [0.4, 0.5) is 0 Å². The van der Waals surface area contributed by atoms with Gasteiger partial charge in [0.1, 0.15) is 18.8 Å². The molecule has 4 aliphatic carbocycles. The zero-order valence-corrected chi connectivity index (χ0v) is 27.5. The van der Waals surface area contributed by atoms with Gasteiger partial charge in [-0.05, 0) is 86.5 Å². The molecule has 0 spiro atoms. The average molecular weight is 619 g/mol. The molecular weight excluding hydrogens is 564 g/mol. The van der Waals surface area contributed by atoms with Crippen molar-refractivity contribution in [3.05, 3.63) is 11.6 Å². The second-order valence-electron chi connectivity index (χ2n) is 15.8. The Hall–Kier alpha value is -1.52. The fraction of sp³-hybridized carbons (Fsp3) is 0.886. The lowest BCUT2D eigenvalue weighted by atomic mass is 9.43. The molecule has 2 N–H and O–H groups in total. The van der Waals surface area contributed by atoms with E-state index in [-0.39, 0.29) is 66.3 Å². The van der Waals surface area contributed by atoms with Crippen LogP contribution in [-0.4, -0.2) is 78.3 Å². The van der Waals surface area contributed by atoms with E-state index in [0.29, 0.717) is 31.1 Å². The second kappa shape index (κ2) is 11.9. The zero-order chi connectivity index (χ0) is 31.6. The van der Waals surface area contributed by atoms with Crippen molar-refractivity contribution in [2.45, 2.75) is 141 Å². The Morgan fingerprint density at radius 3 is 2.55 bits per heavy atom. The highest BCUT2D eigenvalue weighted by Gasteiger charge is 2.71. The number of methoxy groups -OCH3 is 1. The summed E-state index contributed by atoms with van der Waals surface area (Å²) in [5.74, 6) is 0.299. The molecule has 248 valence electrons. The summed E-state index contributed by atoms with van der Waals surface area (Å²) in [5, 5.41) is 23.2. The van der Waals surface area contributed by atoms with Crippen molar-refractivity contribution in [1.29, 1.82) is 0 Å². The molecule has 4 saturated carbocycles. The molecule has 44 heavy (non-hydrogen) atoms. The third kappa shape index (κ3) is 5.36. The van der Waals surface area contributed by atoms with E-state index >= 15 is 0 Å². The van der Waals surface area contributed by atoms with E-state index in [1.807, 2.05) is 20.8 Å². The van der Waals surface area contributed by atoms with Crippen LogP contribution in [0.25, 0.3) is 0 Å². The number of esters is 2. The summed E-state index contributed by atoms with van der Waals surface area (Å²) in [6, 6.07) is 0. The number of aliphatic hydroxyl groups excluding tert-OH is 1. The minimum absolute atomic E-state index is 0.0828. The molecule has 0 aromatic rings. The van der Waals surface area contributed by atoms with E-state index in [9.17, 15) is 19.8 Å². The SMILES string of the molecule is COC1CC(OC2CCC3(C)C(CCC4C3CCC3(C)C(C5=CC(=O)OC5)C(OC(=O)CC(C)C)CC43O)C2)OC(C)C1O. The van der Waals surface area contributed by atoms with Gasteiger partial charge in [0.15, 0.2) is 6.29 Å². The molecule has 2 heterocycles. The fourth-order valence-electron chi connectivity index (χ4n) is 10.7. The van der Waals surface area contributed by atoms with Crippen molar-refractivity contribution in [2.24, 2.45) is 40.4 Å². The van der Waals surface area contributed by atoms with E-state index in [4.69, 9.17) is 23.7 Å². The van der Waals surface area contributed by atoms with Crippen LogP contribution >= 0.6 is 0 Å². The Labute approximate surface area is 262 Å². The second-order valence-corrected chi connectivity index (χ2v) is 15.8. The topological polar surface area (TPSA) is 121 Å². The third-order valence-corrected chi connectivity index (χ3v) is 13.0. The normalized spacial score (nSPS) is 48.7. The van der Waals surface area contributed by atoms with Crippen LogP contribution in [0.2, 0.25) is 0 Å². The highest BCUT2D eigenvalue weighted by Crippen LogP contribution is 2.70. The lowest BCUT2D eigenvalue weighted by Crippen LogP contribution is -2.62. The summed E-state index contributed by atoms with van der Waals surface area (Å²) in [7, 11) is 1.62. The third-order valence-electron chi connectivity index (χ3n) is 13.0. The molecular formula is C35H54O9. The van der Waals surface area contributed by atoms with Gasteiger partial charge in [-0.1, -0.05) is 27.7 Å². The molecule has 5 fully saturated rings. The molecule has 0 aromatic carbocycles. The van der Waals surface area contributed by atoms with Gasteiger partial charge in [-0.25, -0.2) is 4.79 Å². The summed E-state index contributed by atoms with van der Waals surface area (Å²) in [5.41, 5.74) is -0.578. The molecule has 0 amide bonds. The zero-order valence-electron chi connectivity index (χ0n) is 27.5. The number of fused-ring (bicyclic) bond motifs is 5. The molecule has 6 aliphatic rings. The molecule has 0 radical (unpaired) electrons. The Bertz CT molecular complexity index is 1140. The van der Waals surface area contributed by atoms with Crippen LogP contribution in [0.5, 0.6) is 0 Å². The van der Waals surface area contributed by atoms with Crippen LogP contribution in [0.3, 0.4) is 0 Å². The van der Waals surface area contributed by atoms with Crippen LogP contribution in [0.15, 0.2) is 11.6 Å². The van der Waals surface area contributed by atoms with E-state index < -0.39 is 23.2 Å². The maximum Gasteiger partial charge on any atom is 0.331 e. The number of rotatable bonds is 7. The fourth-order valence-corrected chi connectivity index (χ4v) is 10.7. The van der Waals surface area contributed by atoms with Crippen molar-refractivity contribution in [3.8, 4) is 0 Å². The minimum atomic E-state index is -1.00. The molecule has 6 rings (SSSR count). The smallest absolute Gasteiger partial charge is 0.331 e. The van der Waals surface area contributed by atoms with Gasteiger partial charge in [-0.2, -0.15) is 0 Å². The summed E-state index contributed by atoms with van der Waals surface area (Å²) in [6.45, 7) is 10.7. The molecule has 13 unspecified atom stereocenters. The van der Waals surface area contributed by atoms with Gasteiger partial charge in [0, 0.05) is 43.8 Å². The molecule has 0 aromatic heterocycles. The van der Waals surface area contributed by atoms with Gasteiger partial charge in [0.05, 0.1) is 23.9 Å². The first-order valence-electron chi connectivity index (χ1n) is 17.1. The van der Waals surface area contributed by atoms with Gasteiger partial charge in [-0.3, -0.25) is 4.79 Å². The Morgan fingerprint density at radius 2 is 1.86 bits per heavy atom. The average Bonchev–Trinajstić information content (AvgIpc) is 3.47. The Kier molecular flexibility index (Phi) is 8.79. The largest absolute Gasteiger partial charge is 0.462 e. The monoisotopic (exact) mass is 618 g/mol. The number of aliphatic hydroxyl groups is 2. The quantitative estimate of drug-likeness (QED) is 0.309. The van der Waals surface area contributed by atoms with Crippen LogP contribution in [-0.2, 0) is 33.3 Å². The molecule has 2 aliphatic heterocycles. The maximum atomic E-state index is 13.0. The van der Waals surface area contributed by atoms with E-state index in [2.05, 4.69) is 13.8 Å². The minimum Gasteiger partial charge on any atom is -0.462 e. The first kappa shape index (κ1) is 32.4. The number of carbonyl (C=O) groups excluding carboxylic acids is 2. The standard InChI is InChI=1S/C35H54O9/c1-19(2)13-29(37)44-27-17-35(39)25-8-7-22-15-23(43-30-16-26(40-6)32(38)20(3)42-30)9-11-33(22,4)24(25)10-12-34(35,5)31(27)21-14-28(36)41-18-21/h14,19-20,22-27,30-32,38-39H,7-13,15-18H2,1-6H3. The highest BCUT2D eigenvalue weighted by molar-refractivity contribution is 5.85. The van der Waals surface area contributed by atoms with Gasteiger partial charge in [-0.15, -0.1) is 0 Å². The van der Waals surface area contributed by atoms with E-state index in [0.717, 1.165) is 50.5 Å². The number of ether oxygens (including phenoxy) is 5. The number of hydrogen-bond acceptors (Lipinski definition) is 9. The van der Waals surface area contributed by atoms with Crippen molar-refractivity contribution < 1.29 is 43.5 Å². The lowest BCUT2D eigenvalue weighted by Gasteiger charge is -2.63. The van der Waals surface area contributed by atoms with Crippen molar-refractivity contribution in [1.82, 2.24) is 0 Å². The predicted octanol–water partition coefficient (Wildman–Crippen LogP) is 4.71. The molecule has 9 nitrogen and oxygen atoms in total. The molecule has 13 atom stereocenters. The van der Waals surface area contributed by atoms with E-state index in [1.165, 1.54) is 0 Å². The van der Waals surface area contributed by atoms with Crippen molar-refractivity contribution >= 4 is 11.9 Å². The summed E-state index contributed by atoms with van der Waals surface area (Å²) >= 11 is 0. The van der Waals surface area contributed by atoms with Gasteiger partial charge in [0.25, 0.3) is 0 Å². The Morgan fingerprint density at radius 1 is 1.09 bits per heavy atom. The summed E-state index contributed by atoms with van der Waals surface area (Å²) in [4.78, 5) is 25.1. The highest BCUT2D eigenvalue weighted by atomic mass is 16.7. The summed E-state index contributed by atoms with van der Waals surface area (Å²) < 4.78 is 29.6. The summed E-state index contributed by atoms with van der Waals surface area (Å²) in [6.07, 6.45) is 7.47. The van der Waals surface area contributed by atoms with Crippen LogP contribution in [0, 0.1) is 40.4 Å². The number of cyclic esters (lactones) is 1. The van der Waals surface area contributed by atoms with Gasteiger partial charge >= 0.3 is 11.9 Å². The van der Waals surface area contributed by atoms with Crippen molar-refractivity contribution in [3.63, 3.8) is 0 Å². The number of hydrogen-bond donors (Lipinski definition) is 2. The molecule has 1 saturated heterocycles. The predicted molar refractivity (Wildman–Crippen MR) is 161 cm³/mol. The molecule has 0 bridgehead atoms. The first-order valence-corrected chi connectivity index (χ1v) is 17.1. The molecule has 9 heteroatoms. The van der Waals surface area contributed by atoms with Crippen molar-refractivity contribution in [2.75, 3.05) is 13.7 Å². The van der Waals surface area contributed by atoms with E-state index in [1.54, 1.807) is 13.2 Å².